The lowest BCUT2D eigenvalue weighted by Gasteiger charge is -2.11. The third kappa shape index (κ3) is 4.40. The van der Waals surface area contributed by atoms with Crippen molar-refractivity contribution in [2.24, 2.45) is 0 Å². The third-order valence-corrected chi connectivity index (χ3v) is 4.01. The van der Waals surface area contributed by atoms with Crippen molar-refractivity contribution in [1.82, 2.24) is 5.32 Å². The van der Waals surface area contributed by atoms with Crippen LogP contribution < -0.4 is 10.1 Å². The number of nitrogens with zero attached hydrogens (tertiary/aromatic N) is 1. The number of aryl methyl sites for hydroxylation is 2. The summed E-state index contributed by atoms with van der Waals surface area (Å²) in [4.78, 5) is 11.3. The Labute approximate surface area is 121 Å². The van der Waals surface area contributed by atoms with E-state index in [-0.39, 0.29) is 18.0 Å². The van der Waals surface area contributed by atoms with E-state index >= 15 is 0 Å². The molecule has 0 unspecified atom stereocenters. The van der Waals surface area contributed by atoms with Crippen LogP contribution in [0.5, 0.6) is 5.75 Å². The molecular weight excluding hydrogens is 304 g/mol. The van der Waals surface area contributed by atoms with Gasteiger partial charge in [0.2, 0.25) is 0 Å². The highest BCUT2D eigenvalue weighted by atomic mass is 35.7. The quantitative estimate of drug-likeness (QED) is 0.651. The van der Waals surface area contributed by atoms with Gasteiger partial charge in [-0.2, -0.15) is 5.26 Å². The summed E-state index contributed by atoms with van der Waals surface area (Å²) in [6.45, 7) is 2.83. The van der Waals surface area contributed by atoms with E-state index in [0.717, 1.165) is 0 Å². The molecule has 1 aromatic carbocycles. The predicted octanol–water partition coefficient (Wildman–Crippen LogP) is 1.25. The minimum absolute atomic E-state index is 0.0421. The summed E-state index contributed by atoms with van der Waals surface area (Å²) in [6, 6.07) is 4.74. The Morgan fingerprint density at radius 1 is 1.40 bits per heavy atom. The third-order valence-electron chi connectivity index (χ3n) is 2.41. The number of hydrogen-bond acceptors (Lipinski definition) is 5. The first-order valence-electron chi connectivity index (χ1n) is 5.58. The van der Waals surface area contributed by atoms with E-state index in [2.05, 4.69) is 5.32 Å². The molecule has 0 saturated carbocycles. The molecule has 6 nitrogen and oxygen atoms in total. The molecule has 1 N–H and O–H groups in total. The largest absolute Gasteiger partial charge is 0.484 e. The van der Waals surface area contributed by atoms with Crippen molar-refractivity contribution in [3.05, 3.63) is 23.3 Å². The standard InChI is InChI=1S/C12H13ClN2O4S/c1-8-5-10(19-7-11(16)15-4-3-14)6-9(2)12(8)20(13,17)18/h5-6H,4,7H2,1-2H3,(H,15,16). The van der Waals surface area contributed by atoms with Gasteiger partial charge in [0, 0.05) is 10.7 Å². The SMILES string of the molecule is Cc1cc(OCC(=O)NCC#N)cc(C)c1S(=O)(=O)Cl. The number of nitrogens with one attached hydrogen (secondary N) is 1. The highest BCUT2D eigenvalue weighted by molar-refractivity contribution is 8.13. The minimum Gasteiger partial charge on any atom is -0.484 e. The van der Waals surface area contributed by atoms with Gasteiger partial charge >= 0.3 is 0 Å². The Kier molecular flexibility index (Phi) is 5.36. The molecule has 1 amide bonds. The molecule has 1 aromatic rings. The van der Waals surface area contributed by atoms with Gasteiger partial charge in [-0.25, -0.2) is 8.42 Å². The van der Waals surface area contributed by atoms with Crippen molar-refractivity contribution in [3.8, 4) is 11.8 Å². The summed E-state index contributed by atoms with van der Waals surface area (Å²) in [5, 5.41) is 10.6. The van der Waals surface area contributed by atoms with E-state index in [4.69, 9.17) is 20.7 Å². The number of ether oxygens (including phenoxy) is 1. The predicted molar refractivity (Wildman–Crippen MR) is 73.1 cm³/mol. The van der Waals surface area contributed by atoms with Crippen LogP contribution in [0, 0.1) is 25.2 Å². The van der Waals surface area contributed by atoms with Crippen LogP contribution in [-0.2, 0) is 13.8 Å². The molecule has 0 aliphatic rings. The lowest BCUT2D eigenvalue weighted by molar-refractivity contribution is -0.122. The van der Waals surface area contributed by atoms with Crippen LogP contribution in [0.4, 0.5) is 0 Å². The number of nitriles is 1. The smallest absolute Gasteiger partial charge is 0.261 e. The summed E-state index contributed by atoms with van der Waals surface area (Å²) in [6.07, 6.45) is 0. The minimum atomic E-state index is -3.82. The molecule has 0 fully saturated rings. The van der Waals surface area contributed by atoms with Gasteiger partial charge in [-0.1, -0.05) is 0 Å². The Balaban J connectivity index is 2.86. The molecule has 0 atom stereocenters. The van der Waals surface area contributed by atoms with Crippen LogP contribution in [0.15, 0.2) is 17.0 Å². The van der Waals surface area contributed by atoms with Crippen LogP contribution >= 0.6 is 10.7 Å². The summed E-state index contributed by atoms with van der Waals surface area (Å²) < 4.78 is 28.0. The maximum atomic E-state index is 11.4. The Bertz CT molecular complexity index is 642. The lowest BCUT2D eigenvalue weighted by atomic mass is 10.1. The number of amides is 1. The first-order chi connectivity index (χ1) is 9.25. The van der Waals surface area contributed by atoms with Crippen molar-refractivity contribution in [1.29, 1.82) is 5.26 Å². The molecule has 108 valence electrons. The fraction of sp³-hybridized carbons (Fsp3) is 0.333. The number of carbonyl (C=O) groups is 1. The van der Waals surface area contributed by atoms with Gasteiger partial charge in [0.25, 0.3) is 15.0 Å². The van der Waals surface area contributed by atoms with E-state index in [9.17, 15) is 13.2 Å². The normalized spacial score (nSPS) is 10.7. The van der Waals surface area contributed by atoms with Crippen LogP contribution in [-0.4, -0.2) is 27.5 Å². The van der Waals surface area contributed by atoms with Crippen molar-refractivity contribution >= 4 is 25.6 Å². The van der Waals surface area contributed by atoms with Gasteiger partial charge < -0.3 is 10.1 Å². The Hall–Kier alpha value is -1.78. The molecule has 0 aromatic heterocycles. The Morgan fingerprint density at radius 3 is 2.40 bits per heavy atom. The van der Waals surface area contributed by atoms with Crippen LogP contribution in [0.25, 0.3) is 0 Å². The molecule has 0 spiro atoms. The second-order valence-electron chi connectivity index (χ2n) is 4.05. The maximum absolute atomic E-state index is 11.4. The number of benzene rings is 1. The van der Waals surface area contributed by atoms with E-state index in [0.29, 0.717) is 16.9 Å². The molecule has 8 heteroatoms. The number of halogens is 1. The van der Waals surface area contributed by atoms with Crippen LogP contribution in [0.1, 0.15) is 11.1 Å². The molecule has 0 saturated heterocycles. The van der Waals surface area contributed by atoms with Crippen molar-refractivity contribution < 1.29 is 17.9 Å². The van der Waals surface area contributed by atoms with Gasteiger partial charge in [0.15, 0.2) is 6.61 Å². The summed E-state index contributed by atoms with van der Waals surface area (Å²) in [5.41, 5.74) is 0.875. The fourth-order valence-electron chi connectivity index (χ4n) is 1.72. The topological polar surface area (TPSA) is 96.3 Å². The van der Waals surface area contributed by atoms with Crippen molar-refractivity contribution in [3.63, 3.8) is 0 Å². The lowest BCUT2D eigenvalue weighted by Crippen LogP contribution is -2.29. The molecule has 20 heavy (non-hydrogen) atoms. The summed E-state index contributed by atoms with van der Waals surface area (Å²) >= 11 is 0. The maximum Gasteiger partial charge on any atom is 0.261 e. The van der Waals surface area contributed by atoms with Gasteiger partial charge in [0.05, 0.1) is 11.0 Å². The van der Waals surface area contributed by atoms with E-state index in [1.165, 1.54) is 12.1 Å². The van der Waals surface area contributed by atoms with Gasteiger partial charge in [-0.3, -0.25) is 4.79 Å². The highest BCUT2D eigenvalue weighted by Crippen LogP contribution is 2.28. The van der Waals surface area contributed by atoms with Crippen LogP contribution in [0.3, 0.4) is 0 Å². The summed E-state index contributed by atoms with van der Waals surface area (Å²) in [5.74, 6) is -0.0768. The average Bonchev–Trinajstić information content (AvgIpc) is 2.31. The highest BCUT2D eigenvalue weighted by Gasteiger charge is 2.18. The van der Waals surface area contributed by atoms with E-state index in [1.54, 1.807) is 19.9 Å². The first-order valence-corrected chi connectivity index (χ1v) is 7.89. The monoisotopic (exact) mass is 316 g/mol. The second-order valence-corrected chi connectivity index (χ2v) is 6.55. The van der Waals surface area contributed by atoms with Crippen LogP contribution in [0.2, 0.25) is 0 Å². The zero-order valence-corrected chi connectivity index (χ0v) is 12.5. The van der Waals surface area contributed by atoms with Gasteiger partial charge in [-0.05, 0) is 37.1 Å². The number of hydrogen-bond donors (Lipinski definition) is 1. The van der Waals surface area contributed by atoms with Gasteiger partial charge in [-0.15, -0.1) is 0 Å². The first kappa shape index (κ1) is 16.3. The van der Waals surface area contributed by atoms with E-state index in [1.807, 2.05) is 0 Å². The molecular formula is C12H13ClN2O4S. The second kappa shape index (κ2) is 6.59. The molecule has 0 heterocycles. The van der Waals surface area contributed by atoms with Crippen molar-refractivity contribution in [2.45, 2.75) is 18.7 Å². The van der Waals surface area contributed by atoms with E-state index < -0.39 is 15.0 Å². The Morgan fingerprint density at radius 2 is 1.95 bits per heavy atom. The zero-order chi connectivity index (χ0) is 15.3. The number of carbonyl (C=O) groups excluding carboxylic acids is 1. The molecule has 0 bridgehead atoms. The molecule has 0 aliphatic heterocycles. The van der Waals surface area contributed by atoms with Crippen molar-refractivity contribution in [2.75, 3.05) is 13.2 Å². The zero-order valence-electron chi connectivity index (χ0n) is 10.9. The average molecular weight is 317 g/mol. The van der Waals surface area contributed by atoms with Gasteiger partial charge in [0.1, 0.15) is 12.3 Å². The molecule has 0 radical (unpaired) electrons. The molecule has 0 aliphatic carbocycles. The molecule has 1 rings (SSSR count). The fourth-order valence-corrected chi connectivity index (χ4v) is 3.33. The number of rotatable bonds is 5. The summed E-state index contributed by atoms with van der Waals surface area (Å²) in [7, 11) is 1.52.